The van der Waals surface area contributed by atoms with Crippen LogP contribution in [0.3, 0.4) is 0 Å². The van der Waals surface area contributed by atoms with Crippen LogP contribution in [0.4, 0.5) is 0 Å². The maximum atomic E-state index is 14.1. The number of rotatable bonds is 16. The molecule has 8 heteroatoms. The smallest absolute Gasteiger partial charge is 0.248 e. The topological polar surface area (TPSA) is 90.4 Å². The normalized spacial score (nSPS) is 28.3. The number of carbonyl (C=O) groups excluding carboxylic acids is 3. The van der Waals surface area contributed by atoms with Gasteiger partial charge in [-0.05, 0) is 44.9 Å². The molecule has 3 heterocycles. The monoisotopic (exact) mass is 503 g/mol. The Kier molecular flexibility index (Phi) is 10.1. The van der Waals surface area contributed by atoms with Crippen LogP contribution in [0.2, 0.25) is 0 Å². The number of amides is 3. The molecule has 3 saturated heterocycles. The van der Waals surface area contributed by atoms with Crippen molar-refractivity contribution in [3.05, 3.63) is 25.3 Å². The number of carbonyl (C=O) groups is 3. The predicted molar refractivity (Wildman–Crippen MR) is 139 cm³/mol. The fourth-order valence-corrected chi connectivity index (χ4v) is 6.42. The van der Waals surface area contributed by atoms with E-state index in [-0.39, 0.29) is 30.4 Å². The SMILES string of the molecule is C=CCN(CCCC)C(=O)C1N(CCCCCO)C(=O)[C@@H]2[C@@H](C(=O)N(CC=C)CCC)[C@H]3CCC12O3. The number of ether oxygens (including phenoxy) is 1. The predicted octanol–water partition coefficient (Wildman–Crippen LogP) is 2.76. The van der Waals surface area contributed by atoms with Gasteiger partial charge in [-0.25, -0.2) is 0 Å². The third-order valence-electron chi connectivity index (χ3n) is 7.97. The summed E-state index contributed by atoms with van der Waals surface area (Å²) in [6, 6.07) is -0.734. The number of unbranched alkanes of at least 4 members (excludes halogenated alkanes) is 3. The Morgan fingerprint density at radius 1 is 1.06 bits per heavy atom. The third kappa shape index (κ3) is 5.25. The summed E-state index contributed by atoms with van der Waals surface area (Å²) in [7, 11) is 0. The zero-order chi connectivity index (χ0) is 26.3. The van der Waals surface area contributed by atoms with Gasteiger partial charge in [0.05, 0.1) is 17.9 Å². The largest absolute Gasteiger partial charge is 0.396 e. The van der Waals surface area contributed by atoms with Crippen LogP contribution < -0.4 is 0 Å². The highest BCUT2D eigenvalue weighted by molar-refractivity contribution is 5.99. The van der Waals surface area contributed by atoms with E-state index in [0.29, 0.717) is 58.4 Å². The molecule has 5 atom stereocenters. The maximum Gasteiger partial charge on any atom is 0.248 e. The molecule has 3 rings (SSSR count). The second kappa shape index (κ2) is 12.9. The Morgan fingerprint density at radius 3 is 2.36 bits per heavy atom. The summed E-state index contributed by atoms with van der Waals surface area (Å²) in [6.07, 6.45) is 9.12. The van der Waals surface area contributed by atoms with E-state index in [2.05, 4.69) is 20.1 Å². The van der Waals surface area contributed by atoms with Gasteiger partial charge < -0.3 is 24.5 Å². The Morgan fingerprint density at radius 2 is 1.75 bits per heavy atom. The number of likely N-dealkylation sites (tertiary alicyclic amines) is 1. The first-order valence-electron chi connectivity index (χ1n) is 13.8. The molecular weight excluding hydrogens is 458 g/mol. The Balaban J connectivity index is 1.97. The van der Waals surface area contributed by atoms with E-state index in [9.17, 15) is 19.5 Å². The first-order chi connectivity index (χ1) is 17.4. The molecule has 0 aliphatic carbocycles. The lowest BCUT2D eigenvalue weighted by molar-refractivity contribution is -0.148. The zero-order valence-corrected chi connectivity index (χ0v) is 22.2. The lowest BCUT2D eigenvalue weighted by atomic mass is 9.70. The van der Waals surface area contributed by atoms with E-state index in [1.807, 2.05) is 6.92 Å². The highest BCUT2D eigenvalue weighted by Gasteiger charge is 2.74. The lowest BCUT2D eigenvalue weighted by Crippen LogP contribution is -2.56. The van der Waals surface area contributed by atoms with Crippen LogP contribution in [0.1, 0.15) is 65.2 Å². The van der Waals surface area contributed by atoms with Crippen LogP contribution in [-0.4, -0.2) is 94.6 Å². The van der Waals surface area contributed by atoms with Crippen LogP contribution in [-0.2, 0) is 19.1 Å². The van der Waals surface area contributed by atoms with E-state index >= 15 is 0 Å². The van der Waals surface area contributed by atoms with Gasteiger partial charge in [-0.15, -0.1) is 13.2 Å². The highest BCUT2D eigenvalue weighted by Crippen LogP contribution is 2.59. The molecule has 0 radical (unpaired) electrons. The van der Waals surface area contributed by atoms with Gasteiger partial charge in [0.15, 0.2) is 0 Å². The molecule has 0 aromatic carbocycles. The molecule has 1 spiro atoms. The highest BCUT2D eigenvalue weighted by atomic mass is 16.5. The van der Waals surface area contributed by atoms with E-state index in [1.165, 1.54) is 0 Å². The van der Waals surface area contributed by atoms with Crippen molar-refractivity contribution in [2.75, 3.05) is 39.3 Å². The standard InChI is InChI=1S/C28H45N3O5/c1-5-9-18-30(17-8-4)27(35)24-28-14-13-21(36-28)22(25(33)29(15-6-2)16-7-3)23(28)26(34)31(24)19-11-10-12-20-32/h6,8,21-24,32H,2,4-5,7,9-20H2,1,3H3/t21-,22+,23+,24?,28?/m1/s1. The number of hydrogen-bond donors (Lipinski definition) is 1. The molecule has 1 N–H and O–H groups in total. The summed E-state index contributed by atoms with van der Waals surface area (Å²) >= 11 is 0. The van der Waals surface area contributed by atoms with Gasteiger partial charge in [0.2, 0.25) is 17.7 Å². The van der Waals surface area contributed by atoms with Gasteiger partial charge in [0.25, 0.3) is 0 Å². The van der Waals surface area contributed by atoms with Gasteiger partial charge in [-0.1, -0.05) is 32.4 Å². The van der Waals surface area contributed by atoms with Crippen LogP contribution in [0, 0.1) is 11.8 Å². The van der Waals surface area contributed by atoms with Gasteiger partial charge >= 0.3 is 0 Å². The second-order valence-corrected chi connectivity index (χ2v) is 10.4. The molecule has 3 amide bonds. The van der Waals surface area contributed by atoms with Crippen LogP contribution in [0.25, 0.3) is 0 Å². The molecule has 0 saturated carbocycles. The summed E-state index contributed by atoms with van der Waals surface area (Å²) in [4.78, 5) is 47.1. The summed E-state index contributed by atoms with van der Waals surface area (Å²) < 4.78 is 6.57. The number of fused-ring (bicyclic) bond motifs is 1. The Hall–Kier alpha value is -2.19. The molecule has 3 fully saturated rings. The minimum atomic E-state index is -0.964. The molecule has 3 aliphatic heterocycles. The number of aliphatic hydroxyl groups excluding tert-OH is 1. The lowest BCUT2D eigenvalue weighted by Gasteiger charge is -2.37. The van der Waals surface area contributed by atoms with Crippen molar-refractivity contribution in [1.29, 1.82) is 0 Å². The molecule has 2 unspecified atom stereocenters. The van der Waals surface area contributed by atoms with Gasteiger partial charge in [0.1, 0.15) is 11.6 Å². The fraction of sp³-hybridized carbons (Fsp3) is 0.750. The molecular formula is C28H45N3O5. The summed E-state index contributed by atoms with van der Waals surface area (Å²) in [5.41, 5.74) is -0.964. The first kappa shape index (κ1) is 28.4. The van der Waals surface area contributed by atoms with Crippen molar-refractivity contribution in [2.24, 2.45) is 11.8 Å². The number of aliphatic hydroxyl groups is 1. The first-order valence-corrected chi connectivity index (χ1v) is 13.8. The molecule has 2 bridgehead atoms. The summed E-state index contributed by atoms with van der Waals surface area (Å²) in [5.74, 6) is -1.52. The van der Waals surface area contributed by atoms with Crippen molar-refractivity contribution in [3.63, 3.8) is 0 Å². The van der Waals surface area contributed by atoms with E-state index < -0.39 is 23.5 Å². The molecule has 8 nitrogen and oxygen atoms in total. The van der Waals surface area contributed by atoms with Crippen molar-refractivity contribution in [1.82, 2.24) is 14.7 Å². The van der Waals surface area contributed by atoms with E-state index in [0.717, 1.165) is 25.7 Å². The summed E-state index contributed by atoms with van der Waals surface area (Å²) in [5, 5.41) is 9.20. The van der Waals surface area contributed by atoms with Gasteiger partial charge in [0, 0.05) is 39.3 Å². The Bertz CT molecular complexity index is 817. The molecule has 0 aromatic heterocycles. The van der Waals surface area contributed by atoms with Crippen molar-refractivity contribution in [3.8, 4) is 0 Å². The zero-order valence-electron chi connectivity index (χ0n) is 22.2. The minimum Gasteiger partial charge on any atom is -0.396 e. The average molecular weight is 504 g/mol. The fourth-order valence-electron chi connectivity index (χ4n) is 6.42. The molecule has 202 valence electrons. The van der Waals surface area contributed by atoms with Crippen molar-refractivity contribution in [2.45, 2.75) is 83.0 Å². The second-order valence-electron chi connectivity index (χ2n) is 10.4. The van der Waals surface area contributed by atoms with E-state index in [1.54, 1.807) is 26.9 Å². The van der Waals surface area contributed by atoms with E-state index in [4.69, 9.17) is 4.74 Å². The van der Waals surface area contributed by atoms with Crippen LogP contribution in [0.5, 0.6) is 0 Å². The molecule has 36 heavy (non-hydrogen) atoms. The van der Waals surface area contributed by atoms with Crippen molar-refractivity contribution >= 4 is 17.7 Å². The third-order valence-corrected chi connectivity index (χ3v) is 7.97. The molecule has 3 aliphatic rings. The van der Waals surface area contributed by atoms with Crippen molar-refractivity contribution < 1.29 is 24.2 Å². The molecule has 0 aromatic rings. The van der Waals surface area contributed by atoms with Crippen LogP contribution in [0.15, 0.2) is 25.3 Å². The maximum absolute atomic E-state index is 14.1. The minimum absolute atomic E-state index is 0.0658. The van der Waals surface area contributed by atoms with Gasteiger partial charge in [-0.2, -0.15) is 0 Å². The summed E-state index contributed by atoms with van der Waals surface area (Å²) in [6.45, 7) is 14.3. The van der Waals surface area contributed by atoms with Crippen LogP contribution >= 0.6 is 0 Å². The quantitative estimate of drug-likeness (QED) is 0.258. The number of hydrogen-bond acceptors (Lipinski definition) is 5. The number of nitrogens with zero attached hydrogens (tertiary/aromatic N) is 3. The Labute approximate surface area is 216 Å². The average Bonchev–Trinajstić information content (AvgIpc) is 3.51. The van der Waals surface area contributed by atoms with Gasteiger partial charge in [-0.3, -0.25) is 14.4 Å².